The van der Waals surface area contributed by atoms with Gasteiger partial charge < -0.3 is 14.7 Å². The highest BCUT2D eigenvalue weighted by Gasteiger charge is 2.29. The van der Waals surface area contributed by atoms with E-state index in [9.17, 15) is 9.90 Å². The van der Waals surface area contributed by atoms with Crippen molar-refractivity contribution in [2.24, 2.45) is 4.99 Å². The molecular weight excluding hydrogens is 476 g/mol. The summed E-state index contributed by atoms with van der Waals surface area (Å²) < 4.78 is 5.50. The van der Waals surface area contributed by atoms with Gasteiger partial charge in [-0.2, -0.15) is 0 Å². The van der Waals surface area contributed by atoms with E-state index in [0.29, 0.717) is 32.1 Å². The number of phenols is 1. The van der Waals surface area contributed by atoms with Crippen LogP contribution in [0.1, 0.15) is 40.0 Å². The molecule has 0 saturated carbocycles. The summed E-state index contributed by atoms with van der Waals surface area (Å²) in [6.45, 7) is 4.94. The monoisotopic (exact) mass is 510 g/mol. The van der Waals surface area contributed by atoms with E-state index >= 15 is 0 Å². The van der Waals surface area contributed by atoms with Crippen LogP contribution in [0, 0.1) is 0 Å². The van der Waals surface area contributed by atoms with Crippen molar-refractivity contribution in [3.05, 3.63) is 82.6 Å². The first-order valence-electron chi connectivity index (χ1n) is 13.6. The number of fused-ring (bicyclic) bond motifs is 2. The number of pyridine rings is 1. The van der Waals surface area contributed by atoms with E-state index in [4.69, 9.17) is 14.7 Å². The number of aromatic nitrogens is 1. The zero-order chi connectivity index (χ0) is 25.9. The van der Waals surface area contributed by atoms with E-state index < -0.39 is 0 Å². The molecule has 1 aromatic heterocycles. The van der Waals surface area contributed by atoms with Crippen molar-refractivity contribution >= 4 is 23.0 Å². The quantitative estimate of drug-likeness (QED) is 0.557. The van der Waals surface area contributed by atoms with Crippen molar-refractivity contribution < 1.29 is 14.6 Å². The molecule has 0 aliphatic carbocycles. The molecule has 1 N–H and O–H groups in total. The normalized spacial score (nSPS) is 20.2. The Morgan fingerprint density at radius 1 is 1.05 bits per heavy atom. The van der Waals surface area contributed by atoms with Gasteiger partial charge in [0.05, 0.1) is 30.3 Å². The van der Waals surface area contributed by atoms with Gasteiger partial charge in [0, 0.05) is 62.0 Å². The third kappa shape index (κ3) is 5.35. The first-order chi connectivity index (χ1) is 18.6. The molecule has 1 saturated heterocycles. The molecule has 38 heavy (non-hydrogen) atoms. The highest BCUT2D eigenvalue weighted by atomic mass is 16.5. The molecule has 1 unspecified atom stereocenters. The van der Waals surface area contributed by atoms with E-state index in [2.05, 4.69) is 11.0 Å². The molecule has 7 nitrogen and oxygen atoms in total. The van der Waals surface area contributed by atoms with Crippen LogP contribution in [-0.2, 0) is 24.1 Å². The minimum Gasteiger partial charge on any atom is -0.508 e. The molecule has 1 amide bonds. The van der Waals surface area contributed by atoms with Crippen LogP contribution in [-0.4, -0.2) is 77.4 Å². The Balaban J connectivity index is 1.18. The van der Waals surface area contributed by atoms with Crippen molar-refractivity contribution in [2.45, 2.75) is 38.3 Å². The lowest BCUT2D eigenvalue weighted by Gasteiger charge is -2.33. The van der Waals surface area contributed by atoms with Gasteiger partial charge in [0.15, 0.2) is 0 Å². The number of amides is 1. The number of allylic oxidation sites excluding steroid dienone is 1. The summed E-state index contributed by atoms with van der Waals surface area (Å²) in [5.74, 6) is 0.402. The second-order valence-corrected chi connectivity index (χ2v) is 10.5. The molecule has 0 radical (unpaired) electrons. The van der Waals surface area contributed by atoms with Crippen molar-refractivity contribution in [1.82, 2.24) is 14.8 Å². The SMILES string of the molecule is O=C(c1c2c(nc3ccccc13)CCN(CC1=CC=NC(Cc3cccc(O)c3)CC1)C2)N1CCOCC1. The number of carbonyl (C=O) groups excluding carboxylic acids is 1. The summed E-state index contributed by atoms with van der Waals surface area (Å²) in [4.78, 5) is 28.0. The Bertz CT molecular complexity index is 1390. The van der Waals surface area contributed by atoms with E-state index in [0.717, 1.165) is 78.6 Å². The summed E-state index contributed by atoms with van der Waals surface area (Å²) in [5.41, 5.74) is 6.33. The molecule has 3 aliphatic rings. The predicted octanol–water partition coefficient (Wildman–Crippen LogP) is 4.17. The first-order valence-corrected chi connectivity index (χ1v) is 13.6. The third-order valence-corrected chi connectivity index (χ3v) is 7.85. The number of aromatic hydroxyl groups is 1. The number of phenolic OH excluding ortho intramolecular Hbond substituents is 1. The number of hydrogen-bond donors (Lipinski definition) is 1. The van der Waals surface area contributed by atoms with Crippen molar-refractivity contribution in [3.63, 3.8) is 0 Å². The Kier molecular flexibility index (Phi) is 7.20. The number of para-hydroxylation sites is 1. The molecule has 0 spiro atoms. The zero-order valence-electron chi connectivity index (χ0n) is 21.7. The second-order valence-electron chi connectivity index (χ2n) is 10.5. The van der Waals surface area contributed by atoms with E-state index in [1.807, 2.05) is 53.6 Å². The number of aliphatic imine (C=N–C) groups is 1. The maximum atomic E-state index is 13.8. The van der Waals surface area contributed by atoms with E-state index in [1.165, 1.54) is 5.57 Å². The highest BCUT2D eigenvalue weighted by molar-refractivity contribution is 6.07. The summed E-state index contributed by atoms with van der Waals surface area (Å²) in [6.07, 6.45) is 7.75. The highest BCUT2D eigenvalue weighted by Crippen LogP contribution is 2.30. The third-order valence-electron chi connectivity index (χ3n) is 7.85. The van der Waals surface area contributed by atoms with Gasteiger partial charge in [-0.25, -0.2) is 0 Å². The molecule has 0 bridgehead atoms. The minimum atomic E-state index is 0.0978. The fourth-order valence-corrected chi connectivity index (χ4v) is 5.86. The fourth-order valence-electron chi connectivity index (χ4n) is 5.86. The molecule has 3 aliphatic heterocycles. The summed E-state index contributed by atoms with van der Waals surface area (Å²) in [5, 5.41) is 10.7. The first kappa shape index (κ1) is 24.8. The Hall–Kier alpha value is -3.55. The van der Waals surface area contributed by atoms with Crippen molar-refractivity contribution in [1.29, 1.82) is 0 Å². The maximum absolute atomic E-state index is 13.8. The van der Waals surface area contributed by atoms with Gasteiger partial charge >= 0.3 is 0 Å². The minimum absolute atomic E-state index is 0.0978. The standard InChI is InChI=1S/C31H34N4O3/c36-25-5-3-4-23(19-25)18-24-9-8-22(10-12-32-24)20-34-13-11-29-27(21-34)30(26-6-1-2-7-28(26)33-29)31(37)35-14-16-38-17-15-35/h1-7,10,12,19,24,36H,8-9,11,13-18,20-21H2. The van der Waals surface area contributed by atoms with Gasteiger partial charge in [-0.3, -0.25) is 19.7 Å². The summed E-state index contributed by atoms with van der Waals surface area (Å²) in [6, 6.07) is 15.7. The summed E-state index contributed by atoms with van der Waals surface area (Å²) in [7, 11) is 0. The average molecular weight is 511 g/mol. The number of nitrogens with zero attached hydrogens (tertiary/aromatic N) is 4. The Morgan fingerprint density at radius 2 is 1.92 bits per heavy atom. The van der Waals surface area contributed by atoms with Gasteiger partial charge in [-0.05, 0) is 49.1 Å². The van der Waals surface area contributed by atoms with E-state index in [-0.39, 0.29) is 11.9 Å². The molecule has 2 aromatic carbocycles. The lowest BCUT2D eigenvalue weighted by atomic mass is 9.94. The maximum Gasteiger partial charge on any atom is 0.255 e. The van der Waals surface area contributed by atoms with Crippen LogP contribution in [0.3, 0.4) is 0 Å². The van der Waals surface area contributed by atoms with Crippen LogP contribution in [0.5, 0.6) is 5.75 Å². The average Bonchev–Trinajstić information content (AvgIpc) is 3.16. The van der Waals surface area contributed by atoms with Crippen LogP contribution in [0.15, 0.2) is 65.2 Å². The number of benzene rings is 2. The molecule has 7 heteroatoms. The van der Waals surface area contributed by atoms with Crippen LogP contribution in [0.4, 0.5) is 0 Å². The Morgan fingerprint density at radius 3 is 2.79 bits per heavy atom. The predicted molar refractivity (Wildman–Crippen MR) is 149 cm³/mol. The van der Waals surface area contributed by atoms with Crippen LogP contribution >= 0.6 is 0 Å². The van der Waals surface area contributed by atoms with Crippen molar-refractivity contribution in [2.75, 3.05) is 39.4 Å². The van der Waals surface area contributed by atoms with E-state index in [1.54, 1.807) is 6.07 Å². The molecule has 3 aromatic rings. The molecular formula is C31H34N4O3. The van der Waals surface area contributed by atoms with Gasteiger partial charge in [0.25, 0.3) is 5.91 Å². The second kappa shape index (κ2) is 11.1. The topological polar surface area (TPSA) is 78.3 Å². The van der Waals surface area contributed by atoms with Gasteiger partial charge in [0.2, 0.25) is 0 Å². The molecule has 1 fully saturated rings. The Labute approximate surface area is 223 Å². The number of hydrogen-bond acceptors (Lipinski definition) is 6. The van der Waals surface area contributed by atoms with Crippen LogP contribution < -0.4 is 0 Å². The smallest absolute Gasteiger partial charge is 0.255 e. The van der Waals surface area contributed by atoms with Gasteiger partial charge in [0.1, 0.15) is 5.75 Å². The lowest BCUT2D eigenvalue weighted by molar-refractivity contribution is 0.0302. The van der Waals surface area contributed by atoms with Crippen LogP contribution in [0.25, 0.3) is 10.9 Å². The number of ether oxygens (including phenoxy) is 1. The zero-order valence-corrected chi connectivity index (χ0v) is 21.7. The number of carbonyl (C=O) groups is 1. The molecule has 1 atom stereocenters. The number of morpholine rings is 1. The molecule has 4 heterocycles. The van der Waals surface area contributed by atoms with Gasteiger partial charge in [-0.1, -0.05) is 35.9 Å². The molecule has 6 rings (SSSR count). The summed E-state index contributed by atoms with van der Waals surface area (Å²) >= 11 is 0. The molecule has 196 valence electrons. The van der Waals surface area contributed by atoms with Gasteiger partial charge in [-0.15, -0.1) is 0 Å². The largest absolute Gasteiger partial charge is 0.508 e. The fraction of sp³-hybridized carbons (Fsp3) is 0.387. The number of rotatable bonds is 5. The van der Waals surface area contributed by atoms with Crippen LogP contribution in [0.2, 0.25) is 0 Å². The van der Waals surface area contributed by atoms with Crippen molar-refractivity contribution in [3.8, 4) is 5.75 Å². The lowest BCUT2D eigenvalue weighted by Crippen LogP contribution is -2.42.